The van der Waals surface area contributed by atoms with Crippen molar-refractivity contribution >= 4 is 29.1 Å². The number of nitrogens with one attached hydrogen (secondary N) is 1. The minimum Gasteiger partial charge on any atom is -0.356 e. The molecule has 2 amide bonds. The number of nitrogens with zero attached hydrogens (tertiary/aromatic N) is 1. The highest BCUT2D eigenvalue weighted by atomic mass is 35.5. The molecule has 5 heteroatoms. The van der Waals surface area contributed by atoms with Gasteiger partial charge in [0.1, 0.15) is 0 Å². The number of carbonyl (C=O) groups is 2. The van der Waals surface area contributed by atoms with Crippen molar-refractivity contribution in [3.63, 3.8) is 0 Å². The van der Waals surface area contributed by atoms with Gasteiger partial charge >= 0.3 is 0 Å². The second-order valence-electron chi connectivity index (χ2n) is 5.26. The standard InChI is InChI=1S/C16H21ClN2O2/c1-2-12-4-6-14(7-5-12)19-11-13(10-15(19)20)16(21)18-9-3-8-17/h4-7,13H,2-3,8-11H2,1H3,(H,18,21)/t13-/m0/s1. The summed E-state index contributed by atoms with van der Waals surface area (Å²) in [5.74, 6) is 0.219. The zero-order chi connectivity index (χ0) is 15.2. The first-order chi connectivity index (χ1) is 10.2. The lowest BCUT2D eigenvalue weighted by Crippen LogP contribution is -2.33. The van der Waals surface area contributed by atoms with E-state index in [1.54, 1.807) is 4.90 Å². The lowest BCUT2D eigenvalue weighted by Gasteiger charge is -2.17. The van der Waals surface area contributed by atoms with Crippen molar-refractivity contribution in [2.45, 2.75) is 26.2 Å². The van der Waals surface area contributed by atoms with Crippen LogP contribution < -0.4 is 10.2 Å². The van der Waals surface area contributed by atoms with Crippen molar-refractivity contribution in [1.29, 1.82) is 0 Å². The highest BCUT2D eigenvalue weighted by Gasteiger charge is 2.34. The molecule has 1 aromatic rings. The molecule has 0 saturated carbocycles. The Morgan fingerprint density at radius 3 is 2.71 bits per heavy atom. The van der Waals surface area contributed by atoms with Crippen LogP contribution in [0.25, 0.3) is 0 Å². The van der Waals surface area contributed by atoms with Crippen molar-refractivity contribution in [1.82, 2.24) is 5.32 Å². The molecule has 1 atom stereocenters. The number of alkyl halides is 1. The first-order valence-corrected chi connectivity index (χ1v) is 7.92. The van der Waals surface area contributed by atoms with Gasteiger partial charge in [-0.2, -0.15) is 0 Å². The summed E-state index contributed by atoms with van der Waals surface area (Å²) in [6.45, 7) is 3.12. The van der Waals surface area contributed by atoms with Gasteiger partial charge in [-0.05, 0) is 30.5 Å². The van der Waals surface area contributed by atoms with Gasteiger partial charge in [0.25, 0.3) is 0 Å². The van der Waals surface area contributed by atoms with Gasteiger partial charge in [-0.3, -0.25) is 9.59 Å². The predicted molar refractivity (Wildman–Crippen MR) is 84.6 cm³/mol. The van der Waals surface area contributed by atoms with Crippen molar-refractivity contribution in [3.05, 3.63) is 29.8 Å². The van der Waals surface area contributed by atoms with Crippen LogP contribution in [0.4, 0.5) is 5.69 Å². The monoisotopic (exact) mass is 308 g/mol. The maximum Gasteiger partial charge on any atom is 0.227 e. The van der Waals surface area contributed by atoms with Gasteiger partial charge in [0.15, 0.2) is 0 Å². The zero-order valence-electron chi connectivity index (χ0n) is 12.3. The van der Waals surface area contributed by atoms with Crippen LogP contribution in [0, 0.1) is 5.92 Å². The van der Waals surface area contributed by atoms with E-state index in [0.29, 0.717) is 19.0 Å². The fraction of sp³-hybridized carbons (Fsp3) is 0.500. The van der Waals surface area contributed by atoms with Gasteiger partial charge in [-0.25, -0.2) is 0 Å². The molecule has 21 heavy (non-hydrogen) atoms. The quantitative estimate of drug-likeness (QED) is 0.648. The summed E-state index contributed by atoms with van der Waals surface area (Å²) in [7, 11) is 0. The number of benzene rings is 1. The molecule has 0 radical (unpaired) electrons. The Hall–Kier alpha value is -1.55. The lowest BCUT2D eigenvalue weighted by molar-refractivity contribution is -0.126. The third kappa shape index (κ3) is 3.97. The van der Waals surface area contributed by atoms with E-state index in [1.165, 1.54) is 5.56 Å². The summed E-state index contributed by atoms with van der Waals surface area (Å²) in [6, 6.07) is 7.95. The normalized spacial score (nSPS) is 18.1. The number of rotatable bonds is 6. The van der Waals surface area contributed by atoms with Gasteiger partial charge in [0, 0.05) is 31.1 Å². The van der Waals surface area contributed by atoms with Crippen molar-refractivity contribution in [2.24, 2.45) is 5.92 Å². The Morgan fingerprint density at radius 2 is 2.10 bits per heavy atom. The lowest BCUT2D eigenvalue weighted by atomic mass is 10.1. The summed E-state index contributed by atoms with van der Waals surface area (Å²) in [5.41, 5.74) is 2.11. The van der Waals surface area contributed by atoms with Crippen LogP contribution in [0.1, 0.15) is 25.3 Å². The molecule has 0 aliphatic carbocycles. The van der Waals surface area contributed by atoms with Crippen molar-refractivity contribution in [2.75, 3.05) is 23.9 Å². The van der Waals surface area contributed by atoms with E-state index >= 15 is 0 Å². The Kier molecular flexibility index (Phi) is 5.62. The number of hydrogen-bond donors (Lipinski definition) is 1. The topological polar surface area (TPSA) is 49.4 Å². The summed E-state index contributed by atoms with van der Waals surface area (Å²) in [5, 5.41) is 2.83. The molecule has 0 spiro atoms. The van der Waals surface area contributed by atoms with Crippen LogP contribution in [-0.4, -0.2) is 30.8 Å². The molecule has 1 heterocycles. The largest absolute Gasteiger partial charge is 0.356 e. The molecule has 2 rings (SSSR count). The van der Waals surface area contributed by atoms with Crippen LogP contribution in [0.15, 0.2) is 24.3 Å². The van der Waals surface area contributed by atoms with E-state index in [1.807, 2.05) is 24.3 Å². The average molecular weight is 309 g/mol. The molecular formula is C16H21ClN2O2. The first kappa shape index (κ1) is 15.8. The zero-order valence-corrected chi connectivity index (χ0v) is 13.0. The van der Waals surface area contributed by atoms with Gasteiger partial charge in [-0.1, -0.05) is 19.1 Å². The average Bonchev–Trinajstić information content (AvgIpc) is 2.89. The number of amides is 2. The van der Waals surface area contributed by atoms with E-state index in [9.17, 15) is 9.59 Å². The molecule has 1 aliphatic rings. The fourth-order valence-electron chi connectivity index (χ4n) is 2.47. The summed E-state index contributed by atoms with van der Waals surface area (Å²) < 4.78 is 0. The molecule has 1 saturated heterocycles. The SMILES string of the molecule is CCc1ccc(N2C[C@@H](C(=O)NCCCCl)CC2=O)cc1. The van der Waals surface area contributed by atoms with Gasteiger partial charge in [0.05, 0.1) is 5.92 Å². The Morgan fingerprint density at radius 1 is 1.38 bits per heavy atom. The molecule has 1 aromatic carbocycles. The summed E-state index contributed by atoms with van der Waals surface area (Å²) in [6.07, 6.45) is 2.00. The molecule has 4 nitrogen and oxygen atoms in total. The number of carbonyl (C=O) groups excluding carboxylic acids is 2. The molecule has 0 unspecified atom stereocenters. The number of aryl methyl sites for hydroxylation is 1. The van der Waals surface area contributed by atoms with Gasteiger partial charge in [-0.15, -0.1) is 11.6 Å². The van der Waals surface area contributed by atoms with Crippen LogP contribution in [0.2, 0.25) is 0 Å². The second kappa shape index (κ2) is 7.46. The summed E-state index contributed by atoms with van der Waals surface area (Å²) >= 11 is 5.58. The van der Waals surface area contributed by atoms with E-state index in [4.69, 9.17) is 11.6 Å². The maximum atomic E-state index is 12.1. The Bertz CT molecular complexity index is 502. The molecule has 1 N–H and O–H groups in total. The minimum absolute atomic E-state index is 0.0109. The van der Waals surface area contributed by atoms with Gasteiger partial charge in [0.2, 0.25) is 11.8 Å². The maximum absolute atomic E-state index is 12.1. The molecular weight excluding hydrogens is 288 g/mol. The summed E-state index contributed by atoms with van der Waals surface area (Å²) in [4.78, 5) is 25.8. The van der Waals surface area contributed by atoms with Crippen LogP contribution >= 0.6 is 11.6 Å². The molecule has 1 aliphatic heterocycles. The number of halogens is 1. The van der Waals surface area contributed by atoms with E-state index in [0.717, 1.165) is 18.5 Å². The fourth-order valence-corrected chi connectivity index (χ4v) is 2.60. The minimum atomic E-state index is -0.265. The highest BCUT2D eigenvalue weighted by Crippen LogP contribution is 2.25. The second-order valence-corrected chi connectivity index (χ2v) is 5.64. The molecule has 1 fully saturated rings. The van der Waals surface area contributed by atoms with Crippen LogP contribution in [0.3, 0.4) is 0 Å². The molecule has 114 valence electrons. The van der Waals surface area contributed by atoms with E-state index < -0.39 is 0 Å². The van der Waals surface area contributed by atoms with E-state index in [2.05, 4.69) is 12.2 Å². The molecule has 0 bridgehead atoms. The molecule has 0 aromatic heterocycles. The number of hydrogen-bond acceptors (Lipinski definition) is 2. The van der Waals surface area contributed by atoms with Gasteiger partial charge < -0.3 is 10.2 Å². The van der Waals surface area contributed by atoms with E-state index in [-0.39, 0.29) is 24.2 Å². The first-order valence-electron chi connectivity index (χ1n) is 7.38. The predicted octanol–water partition coefficient (Wildman–Crippen LogP) is 2.35. The van der Waals surface area contributed by atoms with Crippen LogP contribution in [-0.2, 0) is 16.0 Å². The smallest absolute Gasteiger partial charge is 0.227 e. The third-order valence-corrected chi connectivity index (χ3v) is 4.03. The van der Waals surface area contributed by atoms with Crippen molar-refractivity contribution in [3.8, 4) is 0 Å². The third-order valence-electron chi connectivity index (χ3n) is 3.76. The van der Waals surface area contributed by atoms with Crippen LogP contribution in [0.5, 0.6) is 0 Å². The Labute approximate surface area is 130 Å². The highest BCUT2D eigenvalue weighted by molar-refractivity contribution is 6.17. The Balaban J connectivity index is 1.96. The number of anilines is 1. The van der Waals surface area contributed by atoms with Crippen molar-refractivity contribution < 1.29 is 9.59 Å².